The van der Waals surface area contributed by atoms with Crippen molar-refractivity contribution in [2.45, 2.75) is 65.0 Å². The number of carbonyl (C=O) groups excluding carboxylic acids is 1. The monoisotopic (exact) mass is 577 g/mol. The topological polar surface area (TPSA) is 86.6 Å². The first-order chi connectivity index (χ1) is 18.1. The molecule has 1 heterocycles. The SMILES string of the molecule is C=C(/C=C\C=C/C)C(C)Sc1cnc(/N=C(\C)N/C(C)=C\C)c(Oc2cc(C(=O)[O-])ccc2Cl)c1.CCC.[Na+]. The number of nitrogens with one attached hydrogen (secondary N) is 1. The predicted molar refractivity (Wildman–Crippen MR) is 160 cm³/mol. The van der Waals surface area contributed by atoms with Crippen molar-refractivity contribution < 1.29 is 44.2 Å². The molecule has 0 saturated heterocycles. The number of hydrogen-bond donors (Lipinski definition) is 1. The molecule has 1 atom stereocenters. The molecule has 204 valence electrons. The zero-order valence-corrected chi connectivity index (χ0v) is 27.7. The fourth-order valence-corrected chi connectivity index (χ4v) is 3.80. The summed E-state index contributed by atoms with van der Waals surface area (Å²) in [6, 6.07) is 5.92. The standard InChI is InChI=1S/C27H30ClN3O3S.C3H8.Na/c1-7-9-10-11-17(3)19(5)35-22-15-25(26(29-16-22)31-20(6)30-18(4)8-2)34-24-14-21(27(32)33)12-13-23(24)28;1-3-2;/h7-16,19H,3H2,1-2,4-6H3,(H,32,33)(H,29,30,31);3H2,1-2H3;/q;;+1/p-1/b9-7-,11-10-,18-8-;;. The maximum Gasteiger partial charge on any atom is 1.00 e. The van der Waals surface area contributed by atoms with Crippen molar-refractivity contribution in [3.63, 3.8) is 0 Å². The third kappa shape index (κ3) is 13.6. The molecule has 0 saturated carbocycles. The number of halogens is 1. The molecule has 0 bridgehead atoms. The quantitative estimate of drug-likeness (QED) is 0.140. The number of thioether (sulfide) groups is 1. The summed E-state index contributed by atoms with van der Waals surface area (Å²) in [5.41, 5.74) is 1.83. The van der Waals surface area contributed by atoms with Crippen LogP contribution >= 0.6 is 23.4 Å². The second-order valence-corrected chi connectivity index (χ2v) is 10.1. The number of nitrogens with zero attached hydrogens (tertiary/aromatic N) is 2. The molecular formula is C30H37ClN3NaO3S. The smallest absolute Gasteiger partial charge is 0.545 e. The summed E-state index contributed by atoms with van der Waals surface area (Å²) in [6.45, 7) is 18.0. The molecule has 1 aromatic heterocycles. The van der Waals surface area contributed by atoms with Gasteiger partial charge in [-0.05, 0) is 58.4 Å². The average Bonchev–Trinajstić information content (AvgIpc) is 2.87. The summed E-state index contributed by atoms with van der Waals surface area (Å²) in [5.74, 6) is 0.0958. The van der Waals surface area contributed by atoms with Gasteiger partial charge in [0.1, 0.15) is 11.6 Å². The number of allylic oxidation sites excluding steroid dienone is 6. The molecule has 0 aliphatic heterocycles. The maximum atomic E-state index is 11.3. The summed E-state index contributed by atoms with van der Waals surface area (Å²) < 4.78 is 6.03. The number of carbonyl (C=O) groups is 1. The summed E-state index contributed by atoms with van der Waals surface area (Å²) >= 11 is 7.84. The van der Waals surface area contributed by atoms with E-state index in [1.54, 1.807) is 24.0 Å². The number of benzene rings is 1. The van der Waals surface area contributed by atoms with Crippen LogP contribution < -0.4 is 44.7 Å². The van der Waals surface area contributed by atoms with Crippen LogP contribution in [-0.2, 0) is 0 Å². The number of pyridine rings is 1. The van der Waals surface area contributed by atoms with Crippen molar-refractivity contribution in [3.05, 3.63) is 89.3 Å². The van der Waals surface area contributed by atoms with Gasteiger partial charge in [-0.3, -0.25) is 0 Å². The zero-order valence-electron chi connectivity index (χ0n) is 24.2. The molecule has 1 N–H and O–H groups in total. The summed E-state index contributed by atoms with van der Waals surface area (Å²) in [4.78, 5) is 21.2. The largest absolute Gasteiger partial charge is 1.00 e. The zero-order chi connectivity index (χ0) is 28.7. The number of aromatic carboxylic acids is 1. The van der Waals surface area contributed by atoms with E-state index in [4.69, 9.17) is 16.3 Å². The molecule has 1 aromatic carbocycles. The Labute approximate surface area is 264 Å². The first-order valence-corrected chi connectivity index (χ1v) is 13.6. The van der Waals surface area contributed by atoms with Gasteiger partial charge >= 0.3 is 29.6 Å². The number of rotatable bonds is 10. The molecule has 0 spiro atoms. The first kappa shape index (κ1) is 36.7. The Morgan fingerprint density at radius 3 is 2.49 bits per heavy atom. The van der Waals surface area contributed by atoms with E-state index in [0.717, 1.165) is 16.2 Å². The first-order valence-electron chi connectivity index (χ1n) is 12.3. The molecule has 0 radical (unpaired) electrons. The molecule has 0 aliphatic rings. The summed E-state index contributed by atoms with van der Waals surface area (Å²) in [6.07, 6.45) is 12.7. The van der Waals surface area contributed by atoms with Gasteiger partial charge in [-0.15, -0.1) is 11.8 Å². The van der Waals surface area contributed by atoms with Gasteiger partial charge in [0.25, 0.3) is 0 Å². The van der Waals surface area contributed by atoms with Crippen LogP contribution in [0.2, 0.25) is 5.02 Å². The molecule has 9 heteroatoms. The minimum Gasteiger partial charge on any atom is -0.545 e. The minimum absolute atomic E-state index is 0. The summed E-state index contributed by atoms with van der Waals surface area (Å²) in [7, 11) is 0. The van der Waals surface area contributed by atoms with Crippen molar-refractivity contribution in [1.29, 1.82) is 0 Å². The maximum absolute atomic E-state index is 11.3. The third-order valence-corrected chi connectivity index (χ3v) is 6.19. The van der Waals surface area contributed by atoms with Crippen molar-refractivity contribution in [2.24, 2.45) is 4.99 Å². The average molecular weight is 578 g/mol. The minimum atomic E-state index is -1.33. The normalized spacial score (nSPS) is 12.4. The van der Waals surface area contributed by atoms with Gasteiger partial charge in [0.15, 0.2) is 11.6 Å². The van der Waals surface area contributed by atoms with Crippen LogP contribution in [0.1, 0.15) is 65.2 Å². The van der Waals surface area contributed by atoms with E-state index >= 15 is 0 Å². The van der Waals surface area contributed by atoms with Crippen LogP contribution in [0.15, 0.2) is 88.6 Å². The Balaban J connectivity index is 0.00000344. The number of carboxylic acids is 1. The fourth-order valence-electron chi connectivity index (χ4n) is 2.72. The molecule has 2 rings (SSSR count). The summed E-state index contributed by atoms with van der Waals surface area (Å²) in [5, 5.41) is 14.8. The number of hydrogen-bond acceptors (Lipinski definition) is 6. The van der Waals surface area contributed by atoms with Crippen LogP contribution in [0.25, 0.3) is 0 Å². The second kappa shape index (κ2) is 19.7. The van der Waals surface area contributed by atoms with Gasteiger partial charge in [-0.2, -0.15) is 0 Å². The van der Waals surface area contributed by atoms with Crippen LogP contribution in [0.3, 0.4) is 0 Å². The Morgan fingerprint density at radius 2 is 1.90 bits per heavy atom. The second-order valence-electron chi connectivity index (χ2n) is 8.25. The molecular weight excluding hydrogens is 541 g/mol. The Hall–Kier alpha value is -2.29. The van der Waals surface area contributed by atoms with Gasteiger partial charge < -0.3 is 20.0 Å². The van der Waals surface area contributed by atoms with Crippen molar-refractivity contribution >= 4 is 41.0 Å². The molecule has 39 heavy (non-hydrogen) atoms. The van der Waals surface area contributed by atoms with Crippen LogP contribution in [0.4, 0.5) is 5.82 Å². The van der Waals surface area contributed by atoms with Crippen molar-refractivity contribution in [3.8, 4) is 11.5 Å². The Bertz CT molecular complexity index is 1230. The van der Waals surface area contributed by atoms with Gasteiger partial charge in [0, 0.05) is 27.6 Å². The van der Waals surface area contributed by atoms with Crippen LogP contribution in [0.5, 0.6) is 11.5 Å². The molecule has 0 amide bonds. The fraction of sp³-hybridized carbons (Fsp3) is 0.300. The van der Waals surface area contributed by atoms with E-state index in [2.05, 4.69) is 35.7 Å². The third-order valence-electron chi connectivity index (χ3n) is 4.73. The number of aromatic nitrogens is 1. The Kier molecular flexibility index (Phi) is 18.6. The molecule has 6 nitrogen and oxygen atoms in total. The van der Waals surface area contributed by atoms with E-state index in [1.165, 1.54) is 24.6 Å². The molecule has 0 aliphatic carbocycles. The van der Waals surface area contributed by atoms with Gasteiger partial charge in [0.05, 0.1) is 11.0 Å². The molecule has 1 unspecified atom stereocenters. The van der Waals surface area contributed by atoms with Crippen LogP contribution in [0, 0.1) is 0 Å². The number of aliphatic imine (C=N–C) groups is 1. The molecule has 2 aromatic rings. The van der Waals surface area contributed by atoms with Crippen molar-refractivity contribution in [2.75, 3.05) is 0 Å². The van der Waals surface area contributed by atoms with E-state index in [1.807, 2.05) is 65.0 Å². The Morgan fingerprint density at radius 1 is 1.23 bits per heavy atom. The molecule has 0 fully saturated rings. The predicted octanol–water partition coefficient (Wildman–Crippen LogP) is 5.04. The van der Waals surface area contributed by atoms with Gasteiger partial charge in [0.2, 0.25) is 0 Å². The van der Waals surface area contributed by atoms with Gasteiger partial charge in [-0.25, -0.2) is 9.98 Å². The van der Waals surface area contributed by atoms with E-state index < -0.39 is 5.97 Å². The number of ether oxygens (including phenoxy) is 1. The number of carboxylic acid groups (broad SMARTS) is 1. The van der Waals surface area contributed by atoms with Crippen LogP contribution in [-0.4, -0.2) is 22.0 Å². The van der Waals surface area contributed by atoms with E-state index in [-0.39, 0.29) is 51.1 Å². The van der Waals surface area contributed by atoms with Crippen molar-refractivity contribution in [1.82, 2.24) is 10.3 Å². The van der Waals surface area contributed by atoms with Gasteiger partial charge in [-0.1, -0.05) is 74.9 Å². The van der Waals surface area contributed by atoms with E-state index in [9.17, 15) is 9.90 Å². The number of amidine groups is 1. The van der Waals surface area contributed by atoms with E-state index in [0.29, 0.717) is 17.4 Å².